The Morgan fingerprint density at radius 1 is 1.00 bits per heavy atom. The number of halogens is 2. The minimum Gasteiger partial charge on any atom is -0.493 e. The van der Waals surface area contributed by atoms with Gasteiger partial charge in [-0.2, -0.15) is 0 Å². The van der Waals surface area contributed by atoms with Crippen molar-refractivity contribution in [2.45, 2.75) is 0 Å². The van der Waals surface area contributed by atoms with Crippen LogP contribution in [0.25, 0.3) is 0 Å². The van der Waals surface area contributed by atoms with E-state index in [4.69, 9.17) is 18.9 Å². The highest BCUT2D eigenvalue weighted by Gasteiger charge is 2.16. The molecule has 1 heterocycles. The number of ether oxygens (including phenoxy) is 4. The SMILES string of the molecule is COc1cc(Oc2ncc(Br)cc2F)cc(OC)c1OC. The fourth-order valence-electron chi connectivity index (χ4n) is 1.70. The first-order valence-corrected chi connectivity index (χ1v) is 6.67. The maximum absolute atomic E-state index is 13.7. The van der Waals surface area contributed by atoms with Crippen LogP contribution in [0, 0.1) is 5.82 Å². The summed E-state index contributed by atoms with van der Waals surface area (Å²) < 4.78 is 35.3. The first kappa shape index (κ1) is 15.4. The van der Waals surface area contributed by atoms with E-state index in [1.165, 1.54) is 33.6 Å². The normalized spacial score (nSPS) is 10.1. The van der Waals surface area contributed by atoms with Gasteiger partial charge in [-0.25, -0.2) is 9.37 Å². The van der Waals surface area contributed by atoms with Crippen LogP contribution in [-0.4, -0.2) is 26.3 Å². The van der Waals surface area contributed by atoms with Crippen LogP contribution in [0.4, 0.5) is 4.39 Å². The van der Waals surface area contributed by atoms with Crippen LogP contribution < -0.4 is 18.9 Å². The molecule has 0 aliphatic carbocycles. The predicted octanol–water partition coefficient (Wildman–Crippen LogP) is 3.80. The van der Waals surface area contributed by atoms with E-state index in [0.717, 1.165) is 0 Å². The average Bonchev–Trinajstić information content (AvgIpc) is 2.49. The Morgan fingerprint density at radius 2 is 1.62 bits per heavy atom. The Labute approximate surface area is 129 Å². The highest BCUT2D eigenvalue weighted by atomic mass is 79.9. The van der Waals surface area contributed by atoms with Gasteiger partial charge in [-0.05, 0) is 22.0 Å². The maximum Gasteiger partial charge on any atom is 0.255 e. The first-order chi connectivity index (χ1) is 10.1. The quantitative estimate of drug-likeness (QED) is 0.814. The van der Waals surface area contributed by atoms with Gasteiger partial charge < -0.3 is 18.9 Å². The van der Waals surface area contributed by atoms with Gasteiger partial charge in [-0.15, -0.1) is 0 Å². The van der Waals surface area contributed by atoms with E-state index in [2.05, 4.69) is 20.9 Å². The third-order valence-electron chi connectivity index (χ3n) is 2.63. The molecule has 7 heteroatoms. The summed E-state index contributed by atoms with van der Waals surface area (Å²) in [5, 5.41) is 0. The van der Waals surface area contributed by atoms with E-state index in [1.807, 2.05) is 0 Å². The average molecular weight is 358 g/mol. The molecule has 0 fully saturated rings. The third-order valence-corrected chi connectivity index (χ3v) is 3.06. The van der Waals surface area contributed by atoms with Gasteiger partial charge in [-0.3, -0.25) is 0 Å². The zero-order valence-electron chi connectivity index (χ0n) is 11.6. The second kappa shape index (κ2) is 6.62. The van der Waals surface area contributed by atoms with Crippen molar-refractivity contribution in [2.75, 3.05) is 21.3 Å². The summed E-state index contributed by atoms with van der Waals surface area (Å²) in [5.74, 6) is 0.828. The molecule has 0 aliphatic rings. The van der Waals surface area contributed by atoms with Crippen LogP contribution >= 0.6 is 15.9 Å². The molecule has 0 saturated carbocycles. The molecule has 0 saturated heterocycles. The summed E-state index contributed by atoms with van der Waals surface area (Å²) in [6.45, 7) is 0. The van der Waals surface area contributed by atoms with Crippen LogP contribution in [0.1, 0.15) is 0 Å². The number of rotatable bonds is 5. The Bertz CT molecular complexity index is 626. The van der Waals surface area contributed by atoms with Gasteiger partial charge in [0.15, 0.2) is 17.3 Å². The molecule has 112 valence electrons. The van der Waals surface area contributed by atoms with Crippen molar-refractivity contribution in [2.24, 2.45) is 0 Å². The van der Waals surface area contributed by atoms with Crippen molar-refractivity contribution < 1.29 is 23.3 Å². The van der Waals surface area contributed by atoms with E-state index in [9.17, 15) is 4.39 Å². The van der Waals surface area contributed by atoms with Crippen molar-refractivity contribution in [3.05, 3.63) is 34.7 Å². The minimum absolute atomic E-state index is 0.146. The molecule has 5 nitrogen and oxygen atoms in total. The van der Waals surface area contributed by atoms with Gasteiger partial charge >= 0.3 is 0 Å². The number of benzene rings is 1. The van der Waals surface area contributed by atoms with Crippen LogP contribution in [0.5, 0.6) is 28.9 Å². The Morgan fingerprint density at radius 3 is 2.10 bits per heavy atom. The number of nitrogens with zero attached hydrogens (tertiary/aromatic N) is 1. The molecule has 0 radical (unpaired) electrons. The van der Waals surface area contributed by atoms with Gasteiger partial charge in [0.1, 0.15) is 5.75 Å². The third kappa shape index (κ3) is 3.36. The molecule has 0 atom stereocenters. The maximum atomic E-state index is 13.7. The zero-order valence-corrected chi connectivity index (χ0v) is 13.2. The van der Waals surface area contributed by atoms with E-state index in [1.54, 1.807) is 12.1 Å². The van der Waals surface area contributed by atoms with Gasteiger partial charge in [-0.1, -0.05) is 0 Å². The summed E-state index contributed by atoms with van der Waals surface area (Å²) in [7, 11) is 4.47. The molecule has 2 rings (SSSR count). The smallest absolute Gasteiger partial charge is 0.255 e. The van der Waals surface area contributed by atoms with Crippen molar-refractivity contribution in [1.29, 1.82) is 0 Å². The Hall–Kier alpha value is -2.02. The second-order valence-electron chi connectivity index (χ2n) is 3.90. The lowest BCUT2D eigenvalue weighted by molar-refractivity contribution is 0.320. The van der Waals surface area contributed by atoms with E-state index in [-0.39, 0.29) is 5.88 Å². The Balaban J connectivity index is 2.40. The van der Waals surface area contributed by atoms with Gasteiger partial charge in [0, 0.05) is 22.8 Å². The van der Waals surface area contributed by atoms with E-state index >= 15 is 0 Å². The fraction of sp³-hybridized carbons (Fsp3) is 0.214. The number of hydrogen-bond acceptors (Lipinski definition) is 5. The number of pyridine rings is 1. The van der Waals surface area contributed by atoms with Crippen LogP contribution in [0.3, 0.4) is 0 Å². The Kier molecular flexibility index (Phi) is 4.85. The number of aromatic nitrogens is 1. The molecule has 0 spiro atoms. The molecule has 0 amide bonds. The summed E-state index contributed by atoms with van der Waals surface area (Å²) in [5.41, 5.74) is 0. The first-order valence-electron chi connectivity index (χ1n) is 5.88. The summed E-state index contributed by atoms with van der Waals surface area (Å²) >= 11 is 3.13. The lowest BCUT2D eigenvalue weighted by atomic mass is 10.2. The fourth-order valence-corrected chi connectivity index (χ4v) is 2.01. The second-order valence-corrected chi connectivity index (χ2v) is 4.82. The highest BCUT2D eigenvalue weighted by molar-refractivity contribution is 9.10. The number of methoxy groups -OCH3 is 3. The predicted molar refractivity (Wildman–Crippen MR) is 78.1 cm³/mol. The highest BCUT2D eigenvalue weighted by Crippen LogP contribution is 2.41. The molecule has 1 aromatic carbocycles. The van der Waals surface area contributed by atoms with Gasteiger partial charge in [0.2, 0.25) is 5.75 Å². The zero-order chi connectivity index (χ0) is 15.4. The summed E-state index contributed by atoms with van der Waals surface area (Å²) in [6, 6.07) is 4.38. The molecular weight excluding hydrogens is 345 g/mol. The van der Waals surface area contributed by atoms with Gasteiger partial charge in [0.05, 0.1) is 21.3 Å². The van der Waals surface area contributed by atoms with Crippen molar-refractivity contribution in [3.8, 4) is 28.9 Å². The monoisotopic (exact) mass is 357 g/mol. The molecule has 21 heavy (non-hydrogen) atoms. The van der Waals surface area contributed by atoms with Crippen LogP contribution in [0.2, 0.25) is 0 Å². The molecule has 1 aromatic heterocycles. The number of hydrogen-bond donors (Lipinski definition) is 0. The molecule has 2 aromatic rings. The van der Waals surface area contributed by atoms with Crippen LogP contribution in [-0.2, 0) is 0 Å². The van der Waals surface area contributed by atoms with Crippen molar-refractivity contribution in [3.63, 3.8) is 0 Å². The summed E-state index contributed by atoms with van der Waals surface area (Å²) in [4.78, 5) is 3.87. The van der Waals surface area contributed by atoms with E-state index < -0.39 is 5.82 Å². The van der Waals surface area contributed by atoms with Crippen molar-refractivity contribution in [1.82, 2.24) is 4.98 Å². The molecular formula is C14H13BrFNO4. The largest absolute Gasteiger partial charge is 0.493 e. The van der Waals surface area contributed by atoms with Crippen molar-refractivity contribution >= 4 is 15.9 Å². The summed E-state index contributed by atoms with van der Waals surface area (Å²) in [6.07, 6.45) is 1.44. The molecule has 0 bridgehead atoms. The van der Waals surface area contributed by atoms with Gasteiger partial charge in [0.25, 0.3) is 5.88 Å². The molecule has 0 unspecified atom stereocenters. The standard InChI is InChI=1S/C14H13BrFNO4/c1-18-11-5-9(6-12(19-2)13(11)20-3)21-14-10(16)4-8(15)7-17-14/h4-7H,1-3H3. The minimum atomic E-state index is -0.585. The lowest BCUT2D eigenvalue weighted by Gasteiger charge is -2.14. The molecule has 0 aliphatic heterocycles. The van der Waals surface area contributed by atoms with E-state index in [0.29, 0.717) is 27.5 Å². The topological polar surface area (TPSA) is 49.8 Å². The molecule has 0 N–H and O–H groups in total. The van der Waals surface area contributed by atoms with Crippen LogP contribution in [0.15, 0.2) is 28.9 Å². The lowest BCUT2D eigenvalue weighted by Crippen LogP contribution is -1.97.